The summed E-state index contributed by atoms with van der Waals surface area (Å²) in [6.45, 7) is 0. The van der Waals surface area contributed by atoms with E-state index in [0.29, 0.717) is 11.3 Å². The van der Waals surface area contributed by atoms with E-state index in [4.69, 9.17) is 0 Å². The first-order chi connectivity index (χ1) is 10.1. The minimum Gasteiger partial charge on any atom is -0.360 e. The zero-order valence-electron chi connectivity index (χ0n) is 10.7. The number of hydrogen-bond donors (Lipinski definition) is 1. The summed E-state index contributed by atoms with van der Waals surface area (Å²) in [7, 11) is -3.60. The molecule has 104 valence electrons. The van der Waals surface area contributed by atoms with Crippen LogP contribution in [-0.2, 0) is 10.0 Å². The highest BCUT2D eigenvalue weighted by Gasteiger charge is 2.30. The zero-order valence-corrected chi connectivity index (χ0v) is 13.1. The third kappa shape index (κ3) is 1.86. The molecule has 0 saturated carbocycles. The Hall–Kier alpha value is -1.92. The molecule has 4 rings (SSSR count). The molecule has 1 aliphatic rings. The molecule has 0 unspecified atom stereocenters. The SMILES string of the molecule is O=S1(=O)N=C(c2c[nH]c3ccc(Br)cc23)c2ccccc21. The monoisotopic (exact) mass is 360 g/mol. The van der Waals surface area contributed by atoms with Gasteiger partial charge in [0, 0.05) is 32.7 Å². The van der Waals surface area contributed by atoms with Crippen LogP contribution in [0.4, 0.5) is 0 Å². The molecular weight excluding hydrogens is 352 g/mol. The number of rotatable bonds is 1. The van der Waals surface area contributed by atoms with Crippen molar-refractivity contribution in [3.63, 3.8) is 0 Å². The van der Waals surface area contributed by atoms with E-state index >= 15 is 0 Å². The molecule has 0 amide bonds. The van der Waals surface area contributed by atoms with E-state index in [2.05, 4.69) is 25.3 Å². The van der Waals surface area contributed by atoms with Crippen molar-refractivity contribution in [3.05, 3.63) is 64.3 Å². The number of nitrogens with zero attached hydrogens (tertiary/aromatic N) is 1. The van der Waals surface area contributed by atoms with E-state index in [0.717, 1.165) is 20.9 Å². The van der Waals surface area contributed by atoms with Gasteiger partial charge in [-0.1, -0.05) is 34.1 Å². The first-order valence-corrected chi connectivity index (χ1v) is 8.51. The minimum absolute atomic E-state index is 0.268. The molecule has 6 heteroatoms. The molecule has 0 aliphatic carbocycles. The van der Waals surface area contributed by atoms with Gasteiger partial charge in [-0.05, 0) is 24.3 Å². The van der Waals surface area contributed by atoms with Crippen LogP contribution in [0.3, 0.4) is 0 Å². The van der Waals surface area contributed by atoms with Gasteiger partial charge in [0.1, 0.15) is 0 Å². The second-order valence-corrected chi connectivity index (χ2v) is 7.29. The molecule has 4 nitrogen and oxygen atoms in total. The normalized spacial score (nSPS) is 16.0. The average molecular weight is 361 g/mol. The maximum Gasteiger partial charge on any atom is 0.283 e. The van der Waals surface area contributed by atoms with Crippen LogP contribution in [0.2, 0.25) is 0 Å². The number of aromatic nitrogens is 1. The van der Waals surface area contributed by atoms with Gasteiger partial charge in [0.25, 0.3) is 10.0 Å². The third-order valence-corrected chi connectivity index (χ3v) is 5.36. The van der Waals surface area contributed by atoms with Gasteiger partial charge in [0.15, 0.2) is 0 Å². The molecule has 1 aliphatic heterocycles. The Bertz CT molecular complexity index is 1020. The Morgan fingerprint density at radius 2 is 1.86 bits per heavy atom. The van der Waals surface area contributed by atoms with Crippen molar-refractivity contribution in [2.75, 3.05) is 0 Å². The first-order valence-electron chi connectivity index (χ1n) is 6.28. The lowest BCUT2D eigenvalue weighted by Gasteiger charge is -2.01. The summed E-state index contributed by atoms with van der Waals surface area (Å²) in [6, 6.07) is 12.7. The molecule has 0 radical (unpaired) electrons. The van der Waals surface area contributed by atoms with Gasteiger partial charge < -0.3 is 4.98 Å². The third-order valence-electron chi connectivity index (χ3n) is 3.53. The summed E-state index contributed by atoms with van der Waals surface area (Å²) >= 11 is 3.44. The lowest BCUT2D eigenvalue weighted by atomic mass is 10.0. The van der Waals surface area contributed by atoms with Crippen molar-refractivity contribution < 1.29 is 8.42 Å². The molecule has 1 N–H and O–H groups in total. The molecular formula is C15H9BrN2O2S. The topological polar surface area (TPSA) is 62.3 Å². The number of benzene rings is 2. The quantitative estimate of drug-likeness (QED) is 0.722. The predicted molar refractivity (Wildman–Crippen MR) is 85.3 cm³/mol. The lowest BCUT2D eigenvalue weighted by Crippen LogP contribution is -1.99. The van der Waals surface area contributed by atoms with Gasteiger partial charge in [-0.2, -0.15) is 12.8 Å². The largest absolute Gasteiger partial charge is 0.360 e. The van der Waals surface area contributed by atoms with Crippen molar-refractivity contribution in [3.8, 4) is 0 Å². The molecule has 0 atom stereocenters. The van der Waals surface area contributed by atoms with Crippen LogP contribution in [0.25, 0.3) is 10.9 Å². The average Bonchev–Trinajstić information content (AvgIpc) is 2.98. The summed E-state index contributed by atoms with van der Waals surface area (Å²) < 4.78 is 29.2. The number of aromatic amines is 1. The number of hydrogen-bond acceptors (Lipinski definition) is 2. The smallest absolute Gasteiger partial charge is 0.283 e. The maximum absolute atomic E-state index is 12.2. The summed E-state index contributed by atoms with van der Waals surface area (Å²) in [5.74, 6) is 0. The Balaban J connectivity index is 2.05. The van der Waals surface area contributed by atoms with Gasteiger partial charge in [0.2, 0.25) is 0 Å². The van der Waals surface area contributed by atoms with Crippen LogP contribution in [0.1, 0.15) is 11.1 Å². The maximum atomic E-state index is 12.2. The Morgan fingerprint density at radius 1 is 1.05 bits per heavy atom. The summed E-state index contributed by atoms with van der Waals surface area (Å²) in [5.41, 5.74) is 2.88. The lowest BCUT2D eigenvalue weighted by molar-refractivity contribution is 0.599. The van der Waals surface area contributed by atoms with Crippen molar-refractivity contribution in [1.82, 2.24) is 4.98 Å². The number of nitrogens with one attached hydrogen (secondary N) is 1. The van der Waals surface area contributed by atoms with Crippen LogP contribution < -0.4 is 0 Å². The number of halogens is 1. The van der Waals surface area contributed by atoms with E-state index in [1.807, 2.05) is 24.3 Å². The zero-order chi connectivity index (χ0) is 14.6. The van der Waals surface area contributed by atoms with Gasteiger partial charge >= 0.3 is 0 Å². The molecule has 3 aromatic rings. The standard InChI is InChI=1S/C15H9BrN2O2S/c16-9-5-6-13-11(7-9)12(8-17-13)15-10-3-1-2-4-14(10)21(19,20)18-15/h1-8,17H. The van der Waals surface area contributed by atoms with Crippen LogP contribution in [0, 0.1) is 0 Å². The molecule has 0 saturated heterocycles. The second kappa shape index (κ2) is 4.29. The van der Waals surface area contributed by atoms with Gasteiger partial charge in [0.05, 0.1) is 10.6 Å². The van der Waals surface area contributed by atoms with Gasteiger partial charge in [-0.15, -0.1) is 0 Å². The molecule has 1 aromatic heterocycles. The predicted octanol–water partition coefficient (Wildman–Crippen LogP) is 3.47. The number of sulfonamides is 1. The van der Waals surface area contributed by atoms with Gasteiger partial charge in [-0.3, -0.25) is 0 Å². The van der Waals surface area contributed by atoms with E-state index in [1.165, 1.54) is 0 Å². The Labute approximate surface area is 129 Å². The van der Waals surface area contributed by atoms with Crippen molar-refractivity contribution in [2.45, 2.75) is 4.90 Å². The molecule has 0 fully saturated rings. The van der Waals surface area contributed by atoms with Crippen molar-refractivity contribution >= 4 is 42.6 Å². The minimum atomic E-state index is -3.60. The summed E-state index contributed by atoms with van der Waals surface area (Å²) in [5, 5.41) is 0.940. The highest BCUT2D eigenvalue weighted by molar-refractivity contribution is 9.10. The fourth-order valence-electron chi connectivity index (χ4n) is 2.59. The molecule has 21 heavy (non-hydrogen) atoms. The molecule has 2 heterocycles. The van der Waals surface area contributed by atoms with Crippen molar-refractivity contribution in [1.29, 1.82) is 0 Å². The van der Waals surface area contributed by atoms with Crippen LogP contribution in [0.5, 0.6) is 0 Å². The second-order valence-electron chi connectivity index (χ2n) is 4.80. The first kappa shape index (κ1) is 12.8. The van der Waals surface area contributed by atoms with Crippen LogP contribution >= 0.6 is 15.9 Å². The fraction of sp³-hybridized carbons (Fsp3) is 0. The number of H-pyrrole nitrogens is 1. The van der Waals surface area contributed by atoms with E-state index in [1.54, 1.807) is 24.4 Å². The van der Waals surface area contributed by atoms with Crippen molar-refractivity contribution in [2.24, 2.45) is 4.40 Å². The summed E-state index contributed by atoms with van der Waals surface area (Å²) in [6.07, 6.45) is 1.80. The Morgan fingerprint density at radius 3 is 2.71 bits per heavy atom. The Kier molecular flexibility index (Phi) is 2.61. The number of fused-ring (bicyclic) bond motifs is 2. The van der Waals surface area contributed by atoms with E-state index < -0.39 is 10.0 Å². The van der Waals surface area contributed by atoms with Crippen LogP contribution in [-0.4, -0.2) is 19.1 Å². The van der Waals surface area contributed by atoms with Gasteiger partial charge in [-0.25, -0.2) is 0 Å². The van der Waals surface area contributed by atoms with Crippen LogP contribution in [0.15, 0.2) is 62.4 Å². The van der Waals surface area contributed by atoms with E-state index in [-0.39, 0.29) is 4.90 Å². The summed E-state index contributed by atoms with van der Waals surface area (Å²) in [4.78, 5) is 3.42. The fourth-order valence-corrected chi connectivity index (χ4v) is 4.18. The molecule has 2 aromatic carbocycles. The molecule has 0 bridgehead atoms. The highest BCUT2D eigenvalue weighted by Crippen LogP contribution is 2.32. The molecule has 0 spiro atoms. The highest BCUT2D eigenvalue weighted by atomic mass is 79.9. The van der Waals surface area contributed by atoms with E-state index in [9.17, 15) is 8.42 Å².